The van der Waals surface area contributed by atoms with Crippen LogP contribution in [0.5, 0.6) is 0 Å². The Bertz CT molecular complexity index is 474. The van der Waals surface area contributed by atoms with Gasteiger partial charge in [-0.15, -0.1) is 24.0 Å². The van der Waals surface area contributed by atoms with E-state index in [1.807, 2.05) is 48.5 Å². The number of aliphatic imine (C=N–C) groups is 1. The molecule has 160 valence electrons. The van der Waals surface area contributed by atoms with Crippen LogP contribution < -0.4 is 21.3 Å². The molecular weight excluding hydrogens is 461 g/mol. The number of halogens is 1. The van der Waals surface area contributed by atoms with E-state index >= 15 is 0 Å². The van der Waals surface area contributed by atoms with Crippen LogP contribution in [0.3, 0.4) is 0 Å². The predicted octanol–water partition coefficient (Wildman–Crippen LogP) is 2.38. The third-order valence-corrected chi connectivity index (χ3v) is 3.81. The molecule has 0 saturated heterocycles. The van der Waals surface area contributed by atoms with E-state index in [2.05, 4.69) is 26.3 Å². The van der Waals surface area contributed by atoms with Gasteiger partial charge in [0.15, 0.2) is 5.96 Å². The Morgan fingerprint density at radius 2 is 1.48 bits per heavy atom. The third-order valence-electron chi connectivity index (χ3n) is 3.81. The quantitative estimate of drug-likeness (QED) is 0.222. The third kappa shape index (κ3) is 12.7. The Labute approximate surface area is 181 Å². The molecule has 0 aromatic carbocycles. The minimum absolute atomic E-state index is 0. The van der Waals surface area contributed by atoms with Crippen molar-refractivity contribution in [1.29, 1.82) is 0 Å². The first kappa shape index (κ1) is 28.0. The summed E-state index contributed by atoms with van der Waals surface area (Å²) in [6.07, 6.45) is 1.02. The number of nitrogens with zero attached hydrogens (tertiary/aromatic N) is 1. The summed E-state index contributed by atoms with van der Waals surface area (Å²) < 4.78 is 5.38. The largest absolute Gasteiger partial charge is 0.444 e. The number of carbonyl (C=O) groups is 2. The zero-order chi connectivity index (χ0) is 20.2. The van der Waals surface area contributed by atoms with Gasteiger partial charge < -0.3 is 26.0 Å². The number of rotatable bonds is 9. The van der Waals surface area contributed by atoms with E-state index in [0.717, 1.165) is 12.8 Å². The number of guanidine groups is 1. The van der Waals surface area contributed by atoms with E-state index in [1.54, 1.807) is 0 Å². The Morgan fingerprint density at radius 1 is 0.926 bits per heavy atom. The predicted molar refractivity (Wildman–Crippen MR) is 121 cm³/mol. The van der Waals surface area contributed by atoms with Gasteiger partial charge in [-0.1, -0.05) is 13.8 Å². The molecule has 8 nitrogen and oxygen atoms in total. The molecule has 0 aromatic rings. The SMILES string of the molecule is CCNC(=O)CN=C(NCC)NCC(CC)(CC)NC(=O)OC(C)(C)C.I. The van der Waals surface area contributed by atoms with Crippen LogP contribution in [-0.2, 0) is 9.53 Å². The van der Waals surface area contributed by atoms with E-state index in [9.17, 15) is 9.59 Å². The van der Waals surface area contributed by atoms with Crippen LogP contribution in [0.15, 0.2) is 4.99 Å². The fourth-order valence-electron chi connectivity index (χ4n) is 2.24. The molecule has 2 amide bonds. The average molecular weight is 499 g/mol. The lowest BCUT2D eigenvalue weighted by Gasteiger charge is -2.34. The van der Waals surface area contributed by atoms with Crippen LogP contribution in [0.25, 0.3) is 0 Å². The monoisotopic (exact) mass is 499 g/mol. The summed E-state index contributed by atoms with van der Waals surface area (Å²) in [5, 5.41) is 12.0. The molecule has 0 fully saturated rings. The summed E-state index contributed by atoms with van der Waals surface area (Å²) >= 11 is 0. The second kappa shape index (κ2) is 13.8. The minimum atomic E-state index is -0.548. The Balaban J connectivity index is 0. The van der Waals surface area contributed by atoms with Crippen LogP contribution in [-0.4, -0.2) is 55.3 Å². The maximum atomic E-state index is 12.2. The number of ether oxygens (including phenoxy) is 1. The number of alkyl carbamates (subject to hydrolysis) is 1. The number of likely N-dealkylation sites (N-methyl/N-ethyl adjacent to an activating group) is 1. The molecule has 0 rings (SSSR count). The highest BCUT2D eigenvalue weighted by molar-refractivity contribution is 14.0. The molecule has 0 heterocycles. The smallest absolute Gasteiger partial charge is 0.408 e. The zero-order valence-corrected chi connectivity index (χ0v) is 20.2. The summed E-state index contributed by atoms with van der Waals surface area (Å²) in [6.45, 7) is 15.1. The van der Waals surface area contributed by atoms with Gasteiger partial charge in [0, 0.05) is 19.6 Å². The highest BCUT2D eigenvalue weighted by atomic mass is 127. The number of amides is 2. The van der Waals surface area contributed by atoms with E-state index in [-0.39, 0.29) is 36.4 Å². The highest BCUT2D eigenvalue weighted by Gasteiger charge is 2.30. The molecule has 0 aliphatic carbocycles. The van der Waals surface area contributed by atoms with Crippen LogP contribution in [0.2, 0.25) is 0 Å². The van der Waals surface area contributed by atoms with Crippen LogP contribution in [0.1, 0.15) is 61.3 Å². The Morgan fingerprint density at radius 3 is 1.93 bits per heavy atom. The van der Waals surface area contributed by atoms with Crippen molar-refractivity contribution in [2.24, 2.45) is 4.99 Å². The molecule has 9 heteroatoms. The van der Waals surface area contributed by atoms with Crippen molar-refractivity contribution in [2.45, 2.75) is 72.4 Å². The van der Waals surface area contributed by atoms with Gasteiger partial charge >= 0.3 is 6.09 Å². The standard InChI is InChI=1S/C18H37N5O3.HI/c1-8-18(9-2,23-16(25)26-17(5,6)7)13-22-15(20-11-4)21-12-14(24)19-10-3;/h8-13H2,1-7H3,(H,19,24)(H,23,25)(H2,20,21,22);1H. The minimum Gasteiger partial charge on any atom is -0.444 e. The van der Waals surface area contributed by atoms with E-state index in [0.29, 0.717) is 25.6 Å². The molecule has 0 atom stereocenters. The van der Waals surface area contributed by atoms with Crippen LogP contribution in [0, 0.1) is 0 Å². The molecule has 0 aromatic heterocycles. The van der Waals surface area contributed by atoms with E-state index in [4.69, 9.17) is 4.74 Å². The molecule has 0 bridgehead atoms. The first-order chi connectivity index (χ1) is 12.1. The van der Waals surface area contributed by atoms with Crippen molar-refractivity contribution in [3.63, 3.8) is 0 Å². The molecule has 0 spiro atoms. The summed E-state index contributed by atoms with van der Waals surface area (Å²) in [6, 6.07) is 0. The number of hydrogen-bond donors (Lipinski definition) is 4. The topological polar surface area (TPSA) is 104 Å². The second-order valence-corrected chi connectivity index (χ2v) is 7.12. The molecular formula is C18H38IN5O3. The fraction of sp³-hybridized carbons (Fsp3) is 0.833. The molecule has 0 aliphatic rings. The molecule has 0 saturated carbocycles. The van der Waals surface area contributed by atoms with Crippen LogP contribution in [0.4, 0.5) is 4.79 Å². The van der Waals surface area contributed by atoms with Gasteiger partial charge in [0.1, 0.15) is 12.1 Å². The second-order valence-electron chi connectivity index (χ2n) is 7.12. The summed E-state index contributed by atoms with van der Waals surface area (Å²) in [4.78, 5) is 28.1. The number of nitrogens with one attached hydrogen (secondary N) is 4. The summed E-state index contributed by atoms with van der Waals surface area (Å²) in [5.41, 5.74) is -1.02. The van der Waals surface area contributed by atoms with Gasteiger partial charge in [0.25, 0.3) is 0 Å². The summed E-state index contributed by atoms with van der Waals surface area (Å²) in [5.74, 6) is 0.407. The van der Waals surface area contributed by atoms with E-state index < -0.39 is 17.2 Å². The van der Waals surface area contributed by atoms with Crippen molar-refractivity contribution in [1.82, 2.24) is 21.3 Å². The lowest BCUT2D eigenvalue weighted by atomic mass is 9.93. The molecule has 4 N–H and O–H groups in total. The molecule has 0 unspecified atom stereocenters. The van der Waals surface area contributed by atoms with Gasteiger partial charge in [-0.25, -0.2) is 9.79 Å². The number of carbonyl (C=O) groups excluding carboxylic acids is 2. The van der Waals surface area contributed by atoms with Gasteiger partial charge in [-0.2, -0.15) is 0 Å². The van der Waals surface area contributed by atoms with Gasteiger partial charge in [-0.05, 0) is 47.5 Å². The van der Waals surface area contributed by atoms with Crippen molar-refractivity contribution in [2.75, 3.05) is 26.2 Å². The van der Waals surface area contributed by atoms with E-state index in [1.165, 1.54) is 0 Å². The molecule has 0 radical (unpaired) electrons. The molecule has 0 aliphatic heterocycles. The van der Waals surface area contributed by atoms with Crippen molar-refractivity contribution in [3.8, 4) is 0 Å². The molecule has 27 heavy (non-hydrogen) atoms. The van der Waals surface area contributed by atoms with Gasteiger partial charge in [0.05, 0.1) is 5.54 Å². The first-order valence-electron chi connectivity index (χ1n) is 9.41. The van der Waals surface area contributed by atoms with Crippen molar-refractivity contribution >= 4 is 41.9 Å². The maximum absolute atomic E-state index is 12.2. The van der Waals surface area contributed by atoms with Crippen molar-refractivity contribution in [3.05, 3.63) is 0 Å². The first-order valence-corrected chi connectivity index (χ1v) is 9.41. The summed E-state index contributed by atoms with van der Waals surface area (Å²) in [7, 11) is 0. The van der Waals surface area contributed by atoms with Crippen LogP contribution >= 0.6 is 24.0 Å². The van der Waals surface area contributed by atoms with Gasteiger partial charge in [0.2, 0.25) is 5.91 Å². The normalized spacial score (nSPS) is 11.9. The fourth-order valence-corrected chi connectivity index (χ4v) is 2.24. The average Bonchev–Trinajstić information content (AvgIpc) is 2.54. The Hall–Kier alpha value is -1.26. The number of hydrogen-bond acceptors (Lipinski definition) is 4. The lowest BCUT2D eigenvalue weighted by Crippen LogP contribution is -2.57. The lowest BCUT2D eigenvalue weighted by molar-refractivity contribution is -0.119. The highest BCUT2D eigenvalue weighted by Crippen LogP contribution is 2.16. The van der Waals surface area contributed by atoms with Gasteiger partial charge in [-0.3, -0.25) is 4.79 Å². The Kier molecular flexibility index (Phi) is 14.3. The van der Waals surface area contributed by atoms with Crippen molar-refractivity contribution < 1.29 is 14.3 Å². The zero-order valence-electron chi connectivity index (χ0n) is 17.8. The maximum Gasteiger partial charge on any atom is 0.408 e.